The summed E-state index contributed by atoms with van der Waals surface area (Å²) < 4.78 is 6.49. The molecular formula is C18H24BrN7O. The van der Waals surface area contributed by atoms with Gasteiger partial charge in [0, 0.05) is 37.6 Å². The van der Waals surface area contributed by atoms with E-state index in [1.165, 1.54) is 0 Å². The molecule has 27 heavy (non-hydrogen) atoms. The molecule has 8 nitrogen and oxygen atoms in total. The molecule has 0 fully saturated rings. The van der Waals surface area contributed by atoms with E-state index in [2.05, 4.69) is 31.2 Å². The number of halogens is 1. The van der Waals surface area contributed by atoms with E-state index < -0.39 is 0 Å². The summed E-state index contributed by atoms with van der Waals surface area (Å²) in [5, 5.41) is 13.2. The number of hydrogen-bond acceptors (Lipinski definition) is 4. The molecule has 1 amide bonds. The number of rotatable bonds is 6. The van der Waals surface area contributed by atoms with Crippen molar-refractivity contribution < 1.29 is 4.79 Å². The van der Waals surface area contributed by atoms with Crippen LogP contribution in [0.4, 0.5) is 0 Å². The molecule has 0 atom stereocenters. The average molecular weight is 434 g/mol. The zero-order valence-corrected chi connectivity index (χ0v) is 17.9. The van der Waals surface area contributed by atoms with E-state index >= 15 is 0 Å². The number of amides is 1. The second kappa shape index (κ2) is 7.67. The van der Waals surface area contributed by atoms with E-state index in [9.17, 15) is 4.79 Å². The fourth-order valence-corrected chi connectivity index (χ4v) is 3.27. The highest BCUT2D eigenvalue weighted by atomic mass is 79.9. The highest BCUT2D eigenvalue weighted by Crippen LogP contribution is 2.19. The van der Waals surface area contributed by atoms with Crippen molar-refractivity contribution in [2.45, 2.75) is 47.5 Å². The van der Waals surface area contributed by atoms with Gasteiger partial charge >= 0.3 is 0 Å². The largest absolute Gasteiger partial charge is 0.336 e. The molecule has 0 saturated carbocycles. The second-order valence-electron chi connectivity index (χ2n) is 6.60. The summed E-state index contributed by atoms with van der Waals surface area (Å²) in [6.45, 7) is 9.78. The van der Waals surface area contributed by atoms with Gasteiger partial charge in [0.1, 0.15) is 12.4 Å². The summed E-state index contributed by atoms with van der Waals surface area (Å²) in [6.07, 6.45) is 3.62. The number of nitrogens with zero attached hydrogens (tertiary/aromatic N) is 7. The topological polar surface area (TPSA) is 73.8 Å². The van der Waals surface area contributed by atoms with Crippen LogP contribution < -0.4 is 0 Å². The van der Waals surface area contributed by atoms with Gasteiger partial charge in [0.05, 0.1) is 22.1 Å². The Hall–Kier alpha value is -2.42. The highest BCUT2D eigenvalue weighted by molar-refractivity contribution is 9.10. The van der Waals surface area contributed by atoms with Crippen molar-refractivity contribution in [1.29, 1.82) is 0 Å². The smallest absolute Gasteiger partial charge is 0.274 e. The summed E-state index contributed by atoms with van der Waals surface area (Å²) in [5.41, 5.74) is 4.49. The zero-order valence-electron chi connectivity index (χ0n) is 16.3. The highest BCUT2D eigenvalue weighted by Gasteiger charge is 2.18. The standard InChI is InChI=1S/C18H24BrN7O/c1-6-25-13(3)15(9-20-25)10-23(5)18(27)16-7-8-24(22-16)11-26-14(4)17(19)12(2)21-26/h7-9H,6,10-11H2,1-5H3. The third kappa shape index (κ3) is 3.83. The molecule has 0 saturated heterocycles. The molecule has 0 bridgehead atoms. The first-order valence-corrected chi connectivity index (χ1v) is 9.60. The summed E-state index contributed by atoms with van der Waals surface area (Å²) in [5.74, 6) is -0.119. The Balaban J connectivity index is 1.70. The van der Waals surface area contributed by atoms with Gasteiger partial charge in [0.2, 0.25) is 0 Å². The first kappa shape index (κ1) is 19.3. The van der Waals surface area contributed by atoms with Crippen molar-refractivity contribution >= 4 is 21.8 Å². The first-order chi connectivity index (χ1) is 12.8. The monoisotopic (exact) mass is 433 g/mol. The predicted molar refractivity (Wildman–Crippen MR) is 105 cm³/mol. The predicted octanol–water partition coefficient (Wildman–Crippen LogP) is 2.76. The van der Waals surface area contributed by atoms with Crippen molar-refractivity contribution in [3.05, 3.63) is 51.3 Å². The first-order valence-electron chi connectivity index (χ1n) is 8.81. The minimum atomic E-state index is -0.119. The fourth-order valence-electron chi connectivity index (χ4n) is 2.99. The van der Waals surface area contributed by atoms with Crippen molar-refractivity contribution in [2.75, 3.05) is 7.05 Å². The van der Waals surface area contributed by atoms with Gasteiger partial charge in [-0.3, -0.25) is 14.2 Å². The minimum absolute atomic E-state index is 0.119. The maximum atomic E-state index is 12.7. The summed E-state index contributed by atoms with van der Waals surface area (Å²) in [6, 6.07) is 1.74. The van der Waals surface area contributed by atoms with E-state index in [1.807, 2.05) is 43.3 Å². The molecule has 3 heterocycles. The lowest BCUT2D eigenvalue weighted by Crippen LogP contribution is -2.27. The lowest BCUT2D eigenvalue weighted by Gasteiger charge is -2.15. The van der Waals surface area contributed by atoms with Crippen molar-refractivity contribution in [1.82, 2.24) is 34.2 Å². The van der Waals surface area contributed by atoms with Crippen LogP contribution in [0, 0.1) is 20.8 Å². The molecule has 0 aliphatic rings. The van der Waals surface area contributed by atoms with E-state index in [1.54, 1.807) is 28.9 Å². The SMILES string of the molecule is CCn1ncc(CN(C)C(=O)c2ccn(Cn3nc(C)c(Br)c3C)n2)c1C. The van der Waals surface area contributed by atoms with Crippen LogP contribution in [0.1, 0.15) is 40.1 Å². The molecule has 3 aromatic heterocycles. The molecule has 0 N–H and O–H groups in total. The summed E-state index contributed by atoms with van der Waals surface area (Å²) in [4.78, 5) is 14.4. The minimum Gasteiger partial charge on any atom is -0.336 e. The molecule has 0 aromatic carbocycles. The van der Waals surface area contributed by atoms with E-state index in [-0.39, 0.29) is 5.91 Å². The molecule has 0 aliphatic heterocycles. The molecule has 144 valence electrons. The number of hydrogen-bond donors (Lipinski definition) is 0. The van der Waals surface area contributed by atoms with Crippen LogP contribution in [0.3, 0.4) is 0 Å². The van der Waals surface area contributed by atoms with Crippen LogP contribution in [0.5, 0.6) is 0 Å². The maximum Gasteiger partial charge on any atom is 0.274 e. The molecule has 3 aromatic rings. The van der Waals surface area contributed by atoms with Crippen molar-refractivity contribution in [3.63, 3.8) is 0 Å². The molecule has 3 rings (SSSR count). The number of aryl methyl sites for hydroxylation is 2. The van der Waals surface area contributed by atoms with Gasteiger partial charge in [0.15, 0.2) is 0 Å². The lowest BCUT2D eigenvalue weighted by molar-refractivity contribution is 0.0778. The summed E-state index contributed by atoms with van der Waals surface area (Å²) >= 11 is 3.52. The third-order valence-electron chi connectivity index (χ3n) is 4.69. The Morgan fingerprint density at radius 2 is 1.93 bits per heavy atom. The van der Waals surface area contributed by atoms with Crippen molar-refractivity contribution in [2.24, 2.45) is 0 Å². The zero-order chi connectivity index (χ0) is 19.7. The van der Waals surface area contributed by atoms with Crippen LogP contribution in [-0.4, -0.2) is 47.2 Å². The van der Waals surface area contributed by atoms with Crippen LogP contribution in [0.25, 0.3) is 0 Å². The van der Waals surface area contributed by atoms with Crippen LogP contribution in [0.2, 0.25) is 0 Å². The van der Waals surface area contributed by atoms with Crippen LogP contribution in [0.15, 0.2) is 22.9 Å². The summed E-state index contributed by atoms with van der Waals surface area (Å²) in [7, 11) is 1.78. The normalized spacial score (nSPS) is 11.2. The van der Waals surface area contributed by atoms with Gasteiger partial charge in [-0.2, -0.15) is 15.3 Å². The average Bonchev–Trinajstić information content (AvgIpc) is 3.31. The van der Waals surface area contributed by atoms with Gasteiger partial charge < -0.3 is 4.90 Å². The fraction of sp³-hybridized carbons (Fsp3) is 0.444. The number of aromatic nitrogens is 6. The molecule has 0 unspecified atom stereocenters. The Morgan fingerprint density at radius 3 is 2.52 bits per heavy atom. The quantitative estimate of drug-likeness (QED) is 0.598. The molecule has 9 heteroatoms. The van der Waals surface area contributed by atoms with Gasteiger partial charge in [-0.25, -0.2) is 4.68 Å². The Kier molecular flexibility index (Phi) is 5.50. The van der Waals surface area contributed by atoms with E-state index in [4.69, 9.17) is 0 Å². The Labute approximate surface area is 166 Å². The molecule has 0 spiro atoms. The maximum absolute atomic E-state index is 12.7. The molecule has 0 radical (unpaired) electrons. The Bertz CT molecular complexity index is 969. The van der Waals surface area contributed by atoms with Crippen LogP contribution >= 0.6 is 15.9 Å². The van der Waals surface area contributed by atoms with Gasteiger partial charge in [-0.1, -0.05) is 0 Å². The van der Waals surface area contributed by atoms with Crippen LogP contribution in [-0.2, 0) is 19.8 Å². The van der Waals surface area contributed by atoms with Gasteiger partial charge in [-0.05, 0) is 49.7 Å². The van der Waals surface area contributed by atoms with E-state index in [0.717, 1.165) is 33.7 Å². The Morgan fingerprint density at radius 1 is 1.19 bits per heavy atom. The third-order valence-corrected chi connectivity index (χ3v) is 5.84. The number of carbonyl (C=O) groups excluding carboxylic acids is 1. The lowest BCUT2D eigenvalue weighted by atomic mass is 10.2. The van der Waals surface area contributed by atoms with E-state index in [0.29, 0.717) is 18.9 Å². The van der Waals surface area contributed by atoms with Gasteiger partial charge in [-0.15, -0.1) is 0 Å². The van der Waals surface area contributed by atoms with Gasteiger partial charge in [0.25, 0.3) is 5.91 Å². The molecule has 0 aliphatic carbocycles. The second-order valence-corrected chi connectivity index (χ2v) is 7.39. The number of carbonyl (C=O) groups is 1. The van der Waals surface area contributed by atoms with Crippen molar-refractivity contribution in [3.8, 4) is 0 Å². The molecular weight excluding hydrogens is 410 g/mol.